The molecule has 0 heterocycles. The van der Waals surface area contributed by atoms with E-state index in [1.165, 1.54) is 6.07 Å². The van der Waals surface area contributed by atoms with Crippen LogP contribution in [0.4, 0.5) is 4.39 Å². The van der Waals surface area contributed by atoms with E-state index in [1.807, 2.05) is 24.3 Å². The van der Waals surface area contributed by atoms with Crippen molar-refractivity contribution in [2.45, 2.75) is 12.5 Å². The van der Waals surface area contributed by atoms with Crippen LogP contribution in [-0.2, 0) is 6.42 Å². The van der Waals surface area contributed by atoms with Gasteiger partial charge in [0.15, 0.2) is 0 Å². The lowest BCUT2D eigenvalue weighted by Gasteiger charge is -2.14. The van der Waals surface area contributed by atoms with Crippen LogP contribution in [-0.4, -0.2) is 7.11 Å². The van der Waals surface area contributed by atoms with Crippen molar-refractivity contribution in [1.82, 2.24) is 0 Å². The molecule has 0 radical (unpaired) electrons. The molecule has 2 aromatic rings. The third-order valence-corrected chi connectivity index (χ3v) is 3.62. The second kappa shape index (κ2) is 6.17. The van der Waals surface area contributed by atoms with Crippen LogP contribution >= 0.6 is 15.9 Å². The summed E-state index contributed by atoms with van der Waals surface area (Å²) < 4.78 is 19.6. The zero-order chi connectivity index (χ0) is 13.8. The first kappa shape index (κ1) is 14.0. The fourth-order valence-corrected chi connectivity index (χ4v) is 2.49. The highest BCUT2D eigenvalue weighted by atomic mass is 79.9. The Morgan fingerprint density at radius 3 is 2.63 bits per heavy atom. The number of ether oxygens (including phenoxy) is 1. The maximum atomic E-state index is 13.6. The Kier molecular flexibility index (Phi) is 4.56. The molecule has 0 aromatic heterocycles. The highest BCUT2D eigenvalue weighted by Gasteiger charge is 2.11. The van der Waals surface area contributed by atoms with Crippen molar-refractivity contribution < 1.29 is 9.13 Å². The lowest BCUT2D eigenvalue weighted by Crippen LogP contribution is -2.14. The highest BCUT2D eigenvalue weighted by Crippen LogP contribution is 2.28. The van der Waals surface area contributed by atoms with E-state index in [-0.39, 0.29) is 11.9 Å². The first-order chi connectivity index (χ1) is 9.11. The lowest BCUT2D eigenvalue weighted by atomic mass is 9.99. The highest BCUT2D eigenvalue weighted by molar-refractivity contribution is 9.10. The van der Waals surface area contributed by atoms with Gasteiger partial charge in [0.2, 0.25) is 0 Å². The van der Waals surface area contributed by atoms with Gasteiger partial charge in [-0.15, -0.1) is 0 Å². The normalized spacial score (nSPS) is 12.2. The van der Waals surface area contributed by atoms with E-state index in [0.717, 1.165) is 15.8 Å². The summed E-state index contributed by atoms with van der Waals surface area (Å²) in [5.74, 6) is 0.535. The van der Waals surface area contributed by atoms with Crippen LogP contribution in [0.15, 0.2) is 46.9 Å². The minimum atomic E-state index is -0.251. The van der Waals surface area contributed by atoms with Crippen molar-refractivity contribution >= 4 is 15.9 Å². The van der Waals surface area contributed by atoms with E-state index in [0.29, 0.717) is 12.0 Å². The smallest absolute Gasteiger partial charge is 0.133 e. The summed E-state index contributed by atoms with van der Waals surface area (Å²) in [5.41, 5.74) is 7.70. The Hall–Kier alpha value is -1.39. The standard InChI is InChI=1S/C15H15BrFNO/c1-19-15-7-6-11(8-12(15)16)14(18)9-10-4-2-3-5-13(10)17/h2-8,14H,9,18H2,1H3. The largest absolute Gasteiger partial charge is 0.496 e. The molecule has 19 heavy (non-hydrogen) atoms. The number of methoxy groups -OCH3 is 1. The van der Waals surface area contributed by atoms with Crippen molar-refractivity contribution in [2.75, 3.05) is 7.11 Å². The van der Waals surface area contributed by atoms with E-state index in [2.05, 4.69) is 15.9 Å². The van der Waals surface area contributed by atoms with E-state index in [9.17, 15) is 4.39 Å². The molecular weight excluding hydrogens is 309 g/mol. The Morgan fingerprint density at radius 2 is 2.00 bits per heavy atom. The second-order valence-corrected chi connectivity index (χ2v) is 5.15. The second-order valence-electron chi connectivity index (χ2n) is 4.30. The fraction of sp³-hybridized carbons (Fsp3) is 0.200. The molecule has 4 heteroatoms. The Labute approximate surface area is 120 Å². The number of benzene rings is 2. The van der Waals surface area contributed by atoms with Gasteiger partial charge in [-0.2, -0.15) is 0 Å². The van der Waals surface area contributed by atoms with Crippen LogP contribution < -0.4 is 10.5 Å². The third-order valence-electron chi connectivity index (χ3n) is 3.00. The Bertz CT molecular complexity index is 574. The van der Waals surface area contributed by atoms with Crippen LogP contribution in [0.3, 0.4) is 0 Å². The molecule has 2 aromatic carbocycles. The predicted octanol–water partition coefficient (Wildman–Crippen LogP) is 3.84. The molecule has 2 rings (SSSR count). The SMILES string of the molecule is COc1ccc(C(N)Cc2ccccc2F)cc1Br. The maximum Gasteiger partial charge on any atom is 0.133 e. The molecule has 100 valence electrons. The fourth-order valence-electron chi connectivity index (χ4n) is 1.93. The number of hydrogen-bond donors (Lipinski definition) is 1. The molecule has 2 N–H and O–H groups in total. The average Bonchev–Trinajstić information content (AvgIpc) is 2.41. The van der Waals surface area contributed by atoms with Gasteiger partial charge in [0.1, 0.15) is 11.6 Å². The van der Waals surface area contributed by atoms with Crippen LogP contribution in [0.25, 0.3) is 0 Å². The first-order valence-electron chi connectivity index (χ1n) is 5.94. The molecule has 0 saturated carbocycles. The summed E-state index contributed by atoms with van der Waals surface area (Å²) in [4.78, 5) is 0. The van der Waals surface area contributed by atoms with Gasteiger partial charge in [-0.05, 0) is 51.7 Å². The number of hydrogen-bond acceptors (Lipinski definition) is 2. The zero-order valence-corrected chi connectivity index (χ0v) is 12.2. The Balaban J connectivity index is 2.18. The summed E-state index contributed by atoms with van der Waals surface area (Å²) in [5, 5.41) is 0. The molecule has 0 amide bonds. The van der Waals surface area contributed by atoms with E-state index in [1.54, 1.807) is 19.2 Å². The number of nitrogens with two attached hydrogens (primary N) is 1. The molecule has 1 atom stereocenters. The van der Waals surface area contributed by atoms with Gasteiger partial charge in [0, 0.05) is 6.04 Å². The maximum absolute atomic E-state index is 13.6. The van der Waals surface area contributed by atoms with Gasteiger partial charge in [0.25, 0.3) is 0 Å². The van der Waals surface area contributed by atoms with Gasteiger partial charge in [-0.1, -0.05) is 24.3 Å². The van der Waals surface area contributed by atoms with Crippen molar-refractivity contribution in [3.05, 3.63) is 63.9 Å². The van der Waals surface area contributed by atoms with Crippen molar-refractivity contribution in [3.8, 4) is 5.75 Å². The van der Waals surface area contributed by atoms with E-state index in [4.69, 9.17) is 10.5 Å². The van der Waals surface area contributed by atoms with E-state index < -0.39 is 0 Å². The molecule has 0 bridgehead atoms. The van der Waals surface area contributed by atoms with Crippen molar-refractivity contribution in [1.29, 1.82) is 0 Å². The number of halogens is 2. The third kappa shape index (κ3) is 3.33. The van der Waals surface area contributed by atoms with Gasteiger partial charge in [0.05, 0.1) is 11.6 Å². The van der Waals surface area contributed by atoms with Gasteiger partial charge < -0.3 is 10.5 Å². The summed E-state index contributed by atoms with van der Waals surface area (Å²) in [6.07, 6.45) is 0.464. The topological polar surface area (TPSA) is 35.2 Å². The molecule has 0 spiro atoms. The molecule has 1 unspecified atom stereocenters. The minimum Gasteiger partial charge on any atom is -0.496 e. The van der Waals surface area contributed by atoms with Gasteiger partial charge >= 0.3 is 0 Å². The predicted molar refractivity (Wildman–Crippen MR) is 77.7 cm³/mol. The quantitative estimate of drug-likeness (QED) is 0.927. The van der Waals surface area contributed by atoms with Crippen LogP contribution in [0.2, 0.25) is 0 Å². The van der Waals surface area contributed by atoms with Crippen LogP contribution in [0.1, 0.15) is 17.2 Å². The molecule has 0 saturated heterocycles. The number of rotatable bonds is 4. The lowest BCUT2D eigenvalue weighted by molar-refractivity contribution is 0.412. The Morgan fingerprint density at radius 1 is 1.26 bits per heavy atom. The van der Waals surface area contributed by atoms with Crippen molar-refractivity contribution in [3.63, 3.8) is 0 Å². The molecule has 0 aliphatic rings. The summed E-state index contributed by atoms with van der Waals surface area (Å²) in [7, 11) is 1.61. The van der Waals surface area contributed by atoms with Gasteiger partial charge in [-0.25, -0.2) is 4.39 Å². The summed E-state index contributed by atoms with van der Waals surface area (Å²) >= 11 is 3.42. The van der Waals surface area contributed by atoms with Crippen LogP contribution in [0, 0.1) is 5.82 Å². The van der Waals surface area contributed by atoms with Gasteiger partial charge in [-0.3, -0.25) is 0 Å². The first-order valence-corrected chi connectivity index (χ1v) is 6.73. The minimum absolute atomic E-state index is 0.217. The molecule has 0 fully saturated rings. The van der Waals surface area contributed by atoms with Crippen molar-refractivity contribution in [2.24, 2.45) is 5.73 Å². The molecule has 0 aliphatic heterocycles. The van der Waals surface area contributed by atoms with Crippen LogP contribution in [0.5, 0.6) is 5.75 Å². The molecule has 0 aliphatic carbocycles. The monoisotopic (exact) mass is 323 g/mol. The average molecular weight is 324 g/mol. The summed E-state index contributed by atoms with van der Waals surface area (Å²) in [6, 6.07) is 12.1. The molecule has 2 nitrogen and oxygen atoms in total. The van der Waals surface area contributed by atoms with E-state index >= 15 is 0 Å². The summed E-state index contributed by atoms with van der Waals surface area (Å²) in [6.45, 7) is 0. The zero-order valence-electron chi connectivity index (χ0n) is 10.6. The molecular formula is C15H15BrFNO.